The Kier molecular flexibility index (Phi) is 7.23. The molecule has 9 heteroatoms. The number of carbonyl (C=O) groups is 1. The Morgan fingerprint density at radius 1 is 1.31 bits per heavy atom. The average molecular weight is 425 g/mol. The van der Waals surface area contributed by atoms with Crippen LogP contribution in [0.25, 0.3) is 0 Å². The van der Waals surface area contributed by atoms with E-state index in [4.69, 9.17) is 16.0 Å². The van der Waals surface area contributed by atoms with Crippen LogP contribution in [0.2, 0.25) is 5.02 Å². The number of hydrogen-bond donors (Lipinski definition) is 2. The van der Waals surface area contributed by atoms with Crippen molar-refractivity contribution in [3.8, 4) is 0 Å². The highest BCUT2D eigenvalue weighted by atomic mass is 35.5. The third-order valence-corrected chi connectivity index (χ3v) is 5.29. The number of benzene rings is 1. The lowest BCUT2D eigenvalue weighted by Gasteiger charge is -2.35. The molecule has 2 aromatic rings. The van der Waals surface area contributed by atoms with E-state index in [9.17, 15) is 14.3 Å². The zero-order valence-electron chi connectivity index (χ0n) is 16.6. The van der Waals surface area contributed by atoms with Gasteiger partial charge in [0.15, 0.2) is 5.69 Å². The third-order valence-electron chi connectivity index (χ3n) is 5.00. The number of carbonyl (C=O) groups excluding carboxylic acids is 1. The lowest BCUT2D eigenvalue weighted by Crippen LogP contribution is -2.48. The SMILES string of the molecule is CC(C)[C@@H](O)CN1CCN(Cc2nc(C(=O)Nc3ccc(F)c(Cl)c3)co2)CC1. The molecule has 1 atom stereocenters. The number of hydrogen-bond acceptors (Lipinski definition) is 6. The van der Waals surface area contributed by atoms with Crippen LogP contribution in [0.1, 0.15) is 30.2 Å². The number of nitrogens with zero attached hydrogens (tertiary/aromatic N) is 3. The fraction of sp³-hybridized carbons (Fsp3) is 0.500. The van der Waals surface area contributed by atoms with Gasteiger partial charge in [-0.25, -0.2) is 9.37 Å². The second-order valence-corrected chi connectivity index (χ2v) is 8.00. The topological polar surface area (TPSA) is 81.8 Å². The van der Waals surface area contributed by atoms with Gasteiger partial charge in [-0.1, -0.05) is 25.4 Å². The Hall–Kier alpha value is -2.00. The van der Waals surface area contributed by atoms with E-state index >= 15 is 0 Å². The molecule has 0 radical (unpaired) electrons. The molecular weight excluding hydrogens is 399 g/mol. The minimum absolute atomic E-state index is 0.0660. The van der Waals surface area contributed by atoms with E-state index in [2.05, 4.69) is 20.1 Å². The van der Waals surface area contributed by atoms with Crippen molar-refractivity contribution in [2.45, 2.75) is 26.5 Å². The molecule has 1 aromatic carbocycles. The molecule has 0 unspecified atom stereocenters. The van der Waals surface area contributed by atoms with Crippen LogP contribution in [0, 0.1) is 11.7 Å². The number of anilines is 1. The number of nitrogens with one attached hydrogen (secondary N) is 1. The highest BCUT2D eigenvalue weighted by Gasteiger charge is 2.22. The molecule has 1 aliphatic rings. The zero-order chi connectivity index (χ0) is 21.0. The number of piperazine rings is 1. The van der Waals surface area contributed by atoms with Gasteiger partial charge in [0.1, 0.15) is 12.1 Å². The molecule has 7 nitrogen and oxygen atoms in total. The first-order valence-electron chi connectivity index (χ1n) is 9.65. The third kappa shape index (κ3) is 5.99. The maximum Gasteiger partial charge on any atom is 0.277 e. The summed E-state index contributed by atoms with van der Waals surface area (Å²) in [4.78, 5) is 21.0. The summed E-state index contributed by atoms with van der Waals surface area (Å²) in [6, 6.07) is 3.95. The predicted molar refractivity (Wildman–Crippen MR) is 108 cm³/mol. The first-order valence-corrected chi connectivity index (χ1v) is 10.0. The fourth-order valence-electron chi connectivity index (χ4n) is 3.05. The van der Waals surface area contributed by atoms with Gasteiger partial charge in [0.05, 0.1) is 17.7 Å². The minimum Gasteiger partial charge on any atom is -0.447 e. The molecule has 1 saturated heterocycles. The first-order chi connectivity index (χ1) is 13.8. The Morgan fingerprint density at radius 2 is 2.00 bits per heavy atom. The molecule has 1 fully saturated rings. The number of aliphatic hydroxyl groups is 1. The minimum atomic E-state index is -0.549. The van der Waals surface area contributed by atoms with Gasteiger partial charge < -0.3 is 14.8 Å². The van der Waals surface area contributed by atoms with Crippen LogP contribution < -0.4 is 5.32 Å². The van der Waals surface area contributed by atoms with Gasteiger partial charge in [-0.2, -0.15) is 0 Å². The summed E-state index contributed by atoms with van der Waals surface area (Å²) in [6.45, 7) is 8.63. The van der Waals surface area contributed by atoms with Crippen molar-refractivity contribution < 1.29 is 18.7 Å². The van der Waals surface area contributed by atoms with Crippen LogP contribution in [0.4, 0.5) is 10.1 Å². The molecule has 1 aromatic heterocycles. The summed E-state index contributed by atoms with van der Waals surface area (Å²) in [5.74, 6) is -0.291. The van der Waals surface area contributed by atoms with E-state index in [1.54, 1.807) is 0 Å². The van der Waals surface area contributed by atoms with Crippen LogP contribution in [0.15, 0.2) is 28.9 Å². The van der Waals surface area contributed by atoms with Gasteiger partial charge in [0.25, 0.3) is 5.91 Å². The van der Waals surface area contributed by atoms with Crippen LogP contribution >= 0.6 is 11.6 Å². The largest absolute Gasteiger partial charge is 0.447 e. The summed E-state index contributed by atoms with van der Waals surface area (Å²) in [5, 5.41) is 12.6. The van der Waals surface area contributed by atoms with E-state index in [-0.39, 0.29) is 22.7 Å². The molecule has 3 rings (SSSR count). The number of rotatable bonds is 7. The monoisotopic (exact) mass is 424 g/mol. The van der Waals surface area contributed by atoms with E-state index in [0.29, 0.717) is 24.7 Å². The molecule has 2 N–H and O–H groups in total. The van der Waals surface area contributed by atoms with Crippen molar-refractivity contribution in [2.75, 3.05) is 38.0 Å². The average Bonchev–Trinajstić information content (AvgIpc) is 3.15. The molecule has 0 saturated carbocycles. The van der Waals surface area contributed by atoms with E-state index in [1.807, 2.05) is 13.8 Å². The number of aromatic nitrogens is 1. The number of amides is 1. The van der Waals surface area contributed by atoms with Crippen LogP contribution in [0.3, 0.4) is 0 Å². The first kappa shape index (κ1) is 21.7. The van der Waals surface area contributed by atoms with Gasteiger partial charge in [0, 0.05) is 38.4 Å². The van der Waals surface area contributed by atoms with Crippen LogP contribution in [-0.2, 0) is 6.54 Å². The molecule has 0 spiro atoms. The maximum atomic E-state index is 13.2. The van der Waals surface area contributed by atoms with Gasteiger partial charge in [0.2, 0.25) is 5.89 Å². The Labute approximate surface area is 174 Å². The van der Waals surface area contributed by atoms with E-state index < -0.39 is 11.7 Å². The molecule has 158 valence electrons. The predicted octanol–water partition coefficient (Wildman–Crippen LogP) is 2.85. The smallest absolute Gasteiger partial charge is 0.277 e. The zero-order valence-corrected chi connectivity index (χ0v) is 17.3. The number of oxazole rings is 1. The summed E-state index contributed by atoms with van der Waals surface area (Å²) < 4.78 is 18.7. The van der Waals surface area contributed by atoms with Crippen molar-refractivity contribution in [3.05, 3.63) is 46.9 Å². The summed E-state index contributed by atoms with van der Waals surface area (Å²) in [6.07, 6.45) is 0.996. The molecule has 2 heterocycles. The van der Waals surface area contributed by atoms with E-state index in [1.165, 1.54) is 24.5 Å². The van der Waals surface area contributed by atoms with Gasteiger partial charge in [-0.05, 0) is 24.1 Å². The standard InChI is InChI=1S/C20H26ClFN4O3/c1-13(2)18(27)10-25-5-7-26(8-6-25)11-19-24-17(12-29-19)20(28)23-14-3-4-16(22)15(21)9-14/h3-4,9,12-13,18,27H,5-8,10-11H2,1-2H3,(H,23,28)/t18-/m0/s1. The highest BCUT2D eigenvalue weighted by molar-refractivity contribution is 6.31. The van der Waals surface area contributed by atoms with Crippen LogP contribution in [0.5, 0.6) is 0 Å². The van der Waals surface area contributed by atoms with Crippen molar-refractivity contribution in [1.29, 1.82) is 0 Å². The quantitative estimate of drug-likeness (QED) is 0.711. The lowest BCUT2D eigenvalue weighted by molar-refractivity contribution is 0.0463. The summed E-state index contributed by atoms with van der Waals surface area (Å²) >= 11 is 5.73. The normalized spacial score (nSPS) is 16.9. The molecular formula is C20H26ClFN4O3. The van der Waals surface area contributed by atoms with Crippen molar-refractivity contribution in [2.24, 2.45) is 5.92 Å². The van der Waals surface area contributed by atoms with E-state index in [0.717, 1.165) is 26.2 Å². The van der Waals surface area contributed by atoms with Crippen molar-refractivity contribution in [1.82, 2.24) is 14.8 Å². The number of β-amino-alcohol motifs (C(OH)–C–C–N with tert-alkyl or cyclic N) is 1. The second-order valence-electron chi connectivity index (χ2n) is 7.60. The molecule has 0 bridgehead atoms. The molecule has 0 aliphatic carbocycles. The second kappa shape index (κ2) is 9.67. The maximum absolute atomic E-state index is 13.2. The Morgan fingerprint density at radius 3 is 2.66 bits per heavy atom. The van der Waals surface area contributed by atoms with Crippen molar-refractivity contribution >= 4 is 23.2 Å². The van der Waals surface area contributed by atoms with Gasteiger partial charge in [-0.15, -0.1) is 0 Å². The number of halogens is 2. The highest BCUT2D eigenvalue weighted by Crippen LogP contribution is 2.20. The Bertz CT molecular complexity index is 837. The molecule has 1 aliphatic heterocycles. The van der Waals surface area contributed by atoms with Crippen LogP contribution in [-0.4, -0.2) is 64.6 Å². The summed E-state index contributed by atoms with van der Waals surface area (Å²) in [7, 11) is 0. The number of aliphatic hydroxyl groups excluding tert-OH is 1. The lowest BCUT2D eigenvalue weighted by atomic mass is 10.1. The van der Waals surface area contributed by atoms with Crippen molar-refractivity contribution in [3.63, 3.8) is 0 Å². The Balaban J connectivity index is 1.49. The molecule has 29 heavy (non-hydrogen) atoms. The van der Waals surface area contributed by atoms with Gasteiger partial charge in [-0.3, -0.25) is 14.6 Å². The summed E-state index contributed by atoms with van der Waals surface area (Å²) in [5.41, 5.74) is 0.532. The molecule has 1 amide bonds. The fourth-order valence-corrected chi connectivity index (χ4v) is 3.23. The van der Waals surface area contributed by atoms with Gasteiger partial charge >= 0.3 is 0 Å².